The van der Waals surface area contributed by atoms with Gasteiger partial charge in [-0.1, -0.05) is 30.3 Å². The summed E-state index contributed by atoms with van der Waals surface area (Å²) in [4.78, 5) is 15.9. The molecule has 148 valence electrons. The molecule has 3 N–H and O–H groups in total. The van der Waals surface area contributed by atoms with Crippen LogP contribution in [0.25, 0.3) is 0 Å². The van der Waals surface area contributed by atoms with Gasteiger partial charge < -0.3 is 20.7 Å². The van der Waals surface area contributed by atoms with Gasteiger partial charge in [0, 0.05) is 25.7 Å². The number of nitrogens with one attached hydrogen (secondary N) is 3. The van der Waals surface area contributed by atoms with Gasteiger partial charge in [0.25, 0.3) is 0 Å². The van der Waals surface area contributed by atoms with Crippen LogP contribution in [0.3, 0.4) is 0 Å². The van der Waals surface area contributed by atoms with Crippen molar-refractivity contribution in [1.29, 1.82) is 0 Å². The highest BCUT2D eigenvalue weighted by Gasteiger charge is 2.13. The second-order valence-corrected chi connectivity index (χ2v) is 6.90. The number of halogens is 1. The zero-order valence-corrected chi connectivity index (χ0v) is 18.6. The first-order valence-corrected chi connectivity index (χ1v) is 8.78. The third-order valence-corrected chi connectivity index (χ3v) is 3.27. The molecule has 0 aromatic heterocycles. The summed E-state index contributed by atoms with van der Waals surface area (Å²) in [5, 5.41) is 9.11. The van der Waals surface area contributed by atoms with E-state index in [4.69, 9.17) is 4.74 Å². The maximum Gasteiger partial charge on any atom is 0.239 e. The molecule has 26 heavy (non-hydrogen) atoms. The van der Waals surface area contributed by atoms with Crippen LogP contribution in [0, 0.1) is 0 Å². The van der Waals surface area contributed by atoms with Crippen molar-refractivity contribution in [2.45, 2.75) is 45.8 Å². The summed E-state index contributed by atoms with van der Waals surface area (Å²) in [5.41, 5.74) is 0.967. The summed E-state index contributed by atoms with van der Waals surface area (Å²) >= 11 is 0. The fourth-order valence-corrected chi connectivity index (χ4v) is 2.15. The molecule has 0 fully saturated rings. The van der Waals surface area contributed by atoms with Crippen molar-refractivity contribution in [1.82, 2.24) is 16.0 Å². The molecule has 1 aromatic rings. The number of guanidine groups is 1. The Kier molecular flexibility index (Phi) is 13.1. The van der Waals surface area contributed by atoms with Gasteiger partial charge in [0.05, 0.1) is 13.2 Å². The van der Waals surface area contributed by atoms with Gasteiger partial charge in [0.1, 0.15) is 0 Å². The lowest BCUT2D eigenvalue weighted by molar-refractivity contribution is -0.121. The van der Waals surface area contributed by atoms with Gasteiger partial charge in [-0.3, -0.25) is 9.79 Å². The largest absolute Gasteiger partial charge is 0.377 e. The zero-order valence-electron chi connectivity index (χ0n) is 16.3. The van der Waals surface area contributed by atoms with Gasteiger partial charge in [-0.05, 0) is 39.2 Å². The number of carbonyl (C=O) groups excluding carboxylic acids is 1. The Balaban J connectivity index is 0.00000625. The minimum Gasteiger partial charge on any atom is -0.377 e. The van der Waals surface area contributed by atoms with Crippen molar-refractivity contribution >= 4 is 35.8 Å². The van der Waals surface area contributed by atoms with Crippen LogP contribution >= 0.6 is 24.0 Å². The summed E-state index contributed by atoms with van der Waals surface area (Å²) in [6.45, 7) is 8.25. The molecule has 0 radical (unpaired) electrons. The summed E-state index contributed by atoms with van der Waals surface area (Å²) in [6, 6.07) is 10.2. The maximum absolute atomic E-state index is 11.8. The third-order valence-electron chi connectivity index (χ3n) is 3.27. The van der Waals surface area contributed by atoms with E-state index in [9.17, 15) is 4.79 Å². The van der Waals surface area contributed by atoms with Crippen molar-refractivity contribution in [2.24, 2.45) is 4.99 Å². The predicted octanol–water partition coefficient (Wildman–Crippen LogP) is 2.68. The van der Waals surface area contributed by atoms with Gasteiger partial charge >= 0.3 is 0 Å². The van der Waals surface area contributed by atoms with E-state index in [0.29, 0.717) is 12.6 Å². The first-order valence-electron chi connectivity index (χ1n) is 8.78. The van der Waals surface area contributed by atoms with Crippen molar-refractivity contribution in [3.63, 3.8) is 0 Å². The van der Waals surface area contributed by atoms with Gasteiger partial charge in [0.2, 0.25) is 5.91 Å². The number of rotatable bonds is 9. The van der Waals surface area contributed by atoms with E-state index in [2.05, 4.69) is 33.1 Å². The SMILES string of the molecule is CN=C(NCCCCOCc1ccccc1)NCC(=O)NC(C)(C)C.I. The molecule has 1 rings (SSSR count). The fraction of sp³-hybridized carbons (Fsp3) is 0.579. The van der Waals surface area contributed by atoms with Crippen LogP contribution in [-0.2, 0) is 16.1 Å². The van der Waals surface area contributed by atoms with Crippen LogP contribution in [-0.4, -0.2) is 44.1 Å². The highest BCUT2D eigenvalue weighted by Crippen LogP contribution is 2.01. The first kappa shape index (κ1) is 24.7. The Bertz CT molecular complexity index is 530. The fourth-order valence-electron chi connectivity index (χ4n) is 2.15. The maximum atomic E-state index is 11.8. The molecule has 7 heteroatoms. The summed E-state index contributed by atoms with van der Waals surface area (Å²) in [7, 11) is 1.69. The average molecular weight is 476 g/mol. The number of hydrogen-bond acceptors (Lipinski definition) is 3. The smallest absolute Gasteiger partial charge is 0.239 e. The topological polar surface area (TPSA) is 74.8 Å². The molecule has 0 heterocycles. The molecule has 0 saturated carbocycles. The number of nitrogens with zero attached hydrogens (tertiary/aromatic N) is 1. The monoisotopic (exact) mass is 476 g/mol. The van der Waals surface area contributed by atoms with Crippen molar-refractivity contribution in [2.75, 3.05) is 26.7 Å². The zero-order chi connectivity index (χ0) is 18.5. The molecule has 0 aliphatic heterocycles. The van der Waals surface area contributed by atoms with E-state index < -0.39 is 0 Å². The number of aliphatic imine (C=N–C) groups is 1. The molecule has 0 atom stereocenters. The van der Waals surface area contributed by atoms with E-state index in [-0.39, 0.29) is 42.0 Å². The number of unbranched alkanes of at least 4 members (excludes halogenated alkanes) is 1. The van der Waals surface area contributed by atoms with E-state index >= 15 is 0 Å². The lowest BCUT2D eigenvalue weighted by atomic mass is 10.1. The molecule has 1 amide bonds. The average Bonchev–Trinajstić information content (AvgIpc) is 2.56. The summed E-state index contributed by atoms with van der Waals surface area (Å²) in [5.74, 6) is 0.582. The normalized spacial score (nSPS) is 11.5. The minimum atomic E-state index is -0.227. The lowest BCUT2D eigenvalue weighted by Gasteiger charge is -2.21. The Labute approximate surface area is 174 Å². The van der Waals surface area contributed by atoms with Crippen molar-refractivity contribution < 1.29 is 9.53 Å². The second kappa shape index (κ2) is 13.8. The van der Waals surface area contributed by atoms with Crippen molar-refractivity contribution in [3.05, 3.63) is 35.9 Å². The molecule has 0 saturated heterocycles. The predicted molar refractivity (Wildman–Crippen MR) is 118 cm³/mol. The molecule has 0 bridgehead atoms. The van der Waals surface area contributed by atoms with Crippen LogP contribution in [0.2, 0.25) is 0 Å². The van der Waals surface area contributed by atoms with Gasteiger partial charge in [-0.15, -0.1) is 24.0 Å². The molecule has 0 spiro atoms. The number of carbonyl (C=O) groups is 1. The quantitative estimate of drug-likeness (QED) is 0.222. The van der Waals surface area contributed by atoms with E-state index in [1.165, 1.54) is 5.56 Å². The highest BCUT2D eigenvalue weighted by atomic mass is 127. The summed E-state index contributed by atoms with van der Waals surface area (Å²) in [6.07, 6.45) is 1.95. The number of benzene rings is 1. The van der Waals surface area contributed by atoms with Gasteiger partial charge in [-0.2, -0.15) is 0 Å². The number of ether oxygens (including phenoxy) is 1. The Morgan fingerprint density at radius 1 is 1.12 bits per heavy atom. The molecule has 6 nitrogen and oxygen atoms in total. The Morgan fingerprint density at radius 2 is 1.81 bits per heavy atom. The van der Waals surface area contributed by atoms with Crippen LogP contribution in [0.15, 0.2) is 35.3 Å². The van der Waals surface area contributed by atoms with Gasteiger partial charge in [-0.25, -0.2) is 0 Å². The molecule has 0 aliphatic carbocycles. The second-order valence-electron chi connectivity index (χ2n) is 6.90. The Morgan fingerprint density at radius 3 is 2.42 bits per heavy atom. The molecule has 0 unspecified atom stereocenters. The minimum absolute atomic E-state index is 0. The number of hydrogen-bond donors (Lipinski definition) is 3. The molecule has 1 aromatic carbocycles. The first-order chi connectivity index (χ1) is 11.9. The number of amides is 1. The van der Waals surface area contributed by atoms with E-state index in [0.717, 1.165) is 26.0 Å². The third kappa shape index (κ3) is 12.9. The van der Waals surface area contributed by atoms with Crippen molar-refractivity contribution in [3.8, 4) is 0 Å². The van der Waals surface area contributed by atoms with Crippen LogP contribution < -0.4 is 16.0 Å². The van der Waals surface area contributed by atoms with E-state index in [1.54, 1.807) is 7.05 Å². The van der Waals surface area contributed by atoms with Crippen LogP contribution in [0.4, 0.5) is 0 Å². The highest BCUT2D eigenvalue weighted by molar-refractivity contribution is 14.0. The lowest BCUT2D eigenvalue weighted by Crippen LogP contribution is -2.48. The van der Waals surface area contributed by atoms with Gasteiger partial charge in [0.15, 0.2) is 5.96 Å². The summed E-state index contributed by atoms with van der Waals surface area (Å²) < 4.78 is 5.65. The molecule has 0 aliphatic rings. The molecular formula is C19H33IN4O2. The molecular weight excluding hydrogens is 443 g/mol. The van der Waals surface area contributed by atoms with Crippen LogP contribution in [0.1, 0.15) is 39.2 Å². The van der Waals surface area contributed by atoms with E-state index in [1.807, 2.05) is 39.0 Å². The van der Waals surface area contributed by atoms with Crippen LogP contribution in [0.5, 0.6) is 0 Å². The Hall–Kier alpha value is -1.35. The standard InChI is InChI=1S/C19H32N4O2.HI/c1-19(2,3)23-17(24)14-22-18(20-4)21-12-8-9-13-25-15-16-10-6-5-7-11-16;/h5-7,10-11H,8-9,12-15H2,1-4H3,(H,23,24)(H2,20,21,22);1H.